The zero-order valence-electron chi connectivity index (χ0n) is 8.98. The van der Waals surface area contributed by atoms with Crippen LogP contribution in [0.15, 0.2) is 24.4 Å². The van der Waals surface area contributed by atoms with Crippen molar-refractivity contribution in [3.05, 3.63) is 30.1 Å². The third kappa shape index (κ3) is 3.47. The fourth-order valence-corrected chi connectivity index (χ4v) is 1.70. The summed E-state index contributed by atoms with van der Waals surface area (Å²) in [5.74, 6) is 0.263. The number of rotatable bonds is 3. The Bertz CT molecular complexity index is 325. The molecule has 1 aromatic heterocycles. The third-order valence-corrected chi connectivity index (χ3v) is 2.60. The maximum absolute atomic E-state index is 11.6. The summed E-state index contributed by atoms with van der Waals surface area (Å²) in [7, 11) is 0. The lowest BCUT2D eigenvalue weighted by Crippen LogP contribution is -2.31. The molecular formula is C11H16ClN3O. The van der Waals surface area contributed by atoms with Crippen molar-refractivity contribution in [3.8, 4) is 0 Å². The highest BCUT2D eigenvalue weighted by molar-refractivity contribution is 5.85. The van der Waals surface area contributed by atoms with Gasteiger partial charge in [0, 0.05) is 12.7 Å². The molecule has 1 saturated heterocycles. The van der Waals surface area contributed by atoms with Crippen molar-refractivity contribution in [2.24, 2.45) is 5.92 Å². The van der Waals surface area contributed by atoms with Crippen LogP contribution < -0.4 is 10.6 Å². The van der Waals surface area contributed by atoms with Crippen LogP contribution in [0.25, 0.3) is 0 Å². The number of nitrogens with zero attached hydrogens (tertiary/aromatic N) is 1. The monoisotopic (exact) mass is 241 g/mol. The first kappa shape index (κ1) is 12.9. The maximum Gasteiger partial charge on any atom is 0.224 e. The smallest absolute Gasteiger partial charge is 0.224 e. The van der Waals surface area contributed by atoms with Gasteiger partial charge in [-0.15, -0.1) is 12.4 Å². The zero-order valence-corrected chi connectivity index (χ0v) is 9.80. The fourth-order valence-electron chi connectivity index (χ4n) is 1.70. The average Bonchev–Trinajstić information content (AvgIpc) is 2.81. The molecule has 0 saturated carbocycles. The van der Waals surface area contributed by atoms with E-state index in [0.29, 0.717) is 6.54 Å². The van der Waals surface area contributed by atoms with Crippen molar-refractivity contribution in [1.82, 2.24) is 15.6 Å². The van der Waals surface area contributed by atoms with E-state index in [1.807, 2.05) is 18.2 Å². The highest BCUT2D eigenvalue weighted by Gasteiger charge is 2.21. The van der Waals surface area contributed by atoms with Gasteiger partial charge in [0.1, 0.15) is 0 Å². The number of pyridine rings is 1. The molecule has 1 fully saturated rings. The Balaban J connectivity index is 0.00000128. The lowest BCUT2D eigenvalue weighted by molar-refractivity contribution is -0.124. The second-order valence-electron chi connectivity index (χ2n) is 3.73. The first-order valence-corrected chi connectivity index (χ1v) is 5.24. The van der Waals surface area contributed by atoms with Crippen molar-refractivity contribution in [1.29, 1.82) is 0 Å². The SMILES string of the molecule is Cl.O=C(NCc1ccccn1)[C@@H]1CCNC1. The molecule has 0 radical (unpaired) electrons. The Morgan fingerprint density at radius 3 is 3.06 bits per heavy atom. The molecule has 1 aromatic rings. The van der Waals surface area contributed by atoms with Gasteiger partial charge in [-0.3, -0.25) is 9.78 Å². The van der Waals surface area contributed by atoms with Gasteiger partial charge in [0.05, 0.1) is 18.2 Å². The standard InChI is InChI=1S/C11H15N3O.ClH/c15-11(9-4-6-12-7-9)14-8-10-3-1-2-5-13-10;/h1-3,5,9,12H,4,6-8H2,(H,14,15);1H/t9-;/m1./s1. The van der Waals surface area contributed by atoms with E-state index in [1.54, 1.807) is 6.20 Å². The van der Waals surface area contributed by atoms with Crippen LogP contribution in [0.2, 0.25) is 0 Å². The van der Waals surface area contributed by atoms with Crippen LogP contribution >= 0.6 is 12.4 Å². The topological polar surface area (TPSA) is 54.0 Å². The number of carbonyl (C=O) groups excluding carboxylic acids is 1. The zero-order chi connectivity index (χ0) is 10.5. The summed E-state index contributed by atoms with van der Waals surface area (Å²) in [5.41, 5.74) is 0.900. The molecule has 16 heavy (non-hydrogen) atoms. The molecule has 2 rings (SSSR count). The second-order valence-corrected chi connectivity index (χ2v) is 3.73. The lowest BCUT2D eigenvalue weighted by Gasteiger charge is -2.08. The molecule has 0 aliphatic carbocycles. The number of hydrogen-bond acceptors (Lipinski definition) is 3. The highest BCUT2D eigenvalue weighted by atomic mass is 35.5. The minimum Gasteiger partial charge on any atom is -0.350 e. The molecule has 5 heteroatoms. The molecule has 2 N–H and O–H groups in total. The van der Waals surface area contributed by atoms with Crippen LogP contribution in [-0.2, 0) is 11.3 Å². The Hall–Kier alpha value is -1.13. The lowest BCUT2D eigenvalue weighted by atomic mass is 10.1. The Morgan fingerprint density at radius 2 is 2.44 bits per heavy atom. The van der Waals surface area contributed by atoms with Crippen molar-refractivity contribution in [2.75, 3.05) is 13.1 Å². The Morgan fingerprint density at radius 1 is 1.56 bits per heavy atom. The number of hydrogen-bond donors (Lipinski definition) is 2. The van der Waals surface area contributed by atoms with E-state index >= 15 is 0 Å². The predicted molar refractivity (Wildman–Crippen MR) is 64.3 cm³/mol. The van der Waals surface area contributed by atoms with Crippen molar-refractivity contribution in [3.63, 3.8) is 0 Å². The predicted octanol–water partition coefficient (Wildman–Crippen LogP) is 0.729. The van der Waals surface area contributed by atoms with E-state index < -0.39 is 0 Å². The molecule has 0 bridgehead atoms. The van der Waals surface area contributed by atoms with Crippen LogP contribution in [0.3, 0.4) is 0 Å². The van der Waals surface area contributed by atoms with Gasteiger partial charge in [-0.1, -0.05) is 6.07 Å². The molecule has 0 aromatic carbocycles. The molecule has 2 heterocycles. The van der Waals surface area contributed by atoms with Crippen molar-refractivity contribution < 1.29 is 4.79 Å². The van der Waals surface area contributed by atoms with Gasteiger partial charge in [-0.25, -0.2) is 0 Å². The molecule has 0 unspecified atom stereocenters. The summed E-state index contributed by atoms with van der Waals surface area (Å²) in [6, 6.07) is 5.70. The van der Waals surface area contributed by atoms with E-state index in [4.69, 9.17) is 0 Å². The van der Waals surface area contributed by atoms with Crippen LogP contribution in [0.5, 0.6) is 0 Å². The summed E-state index contributed by atoms with van der Waals surface area (Å²) in [5, 5.41) is 6.07. The summed E-state index contributed by atoms with van der Waals surface area (Å²) in [6.45, 7) is 2.27. The van der Waals surface area contributed by atoms with E-state index in [-0.39, 0.29) is 24.2 Å². The Kier molecular flexibility index (Phi) is 5.22. The van der Waals surface area contributed by atoms with E-state index in [1.165, 1.54) is 0 Å². The maximum atomic E-state index is 11.6. The molecule has 1 aliphatic rings. The highest BCUT2D eigenvalue weighted by Crippen LogP contribution is 2.07. The van der Waals surface area contributed by atoms with Crippen LogP contribution in [0.4, 0.5) is 0 Å². The van der Waals surface area contributed by atoms with Gasteiger partial charge in [-0.2, -0.15) is 0 Å². The molecule has 1 amide bonds. The van der Waals surface area contributed by atoms with E-state index in [0.717, 1.165) is 25.2 Å². The number of amides is 1. The summed E-state index contributed by atoms with van der Waals surface area (Å²) in [6.07, 6.45) is 2.67. The Labute approximate surface area is 101 Å². The van der Waals surface area contributed by atoms with Crippen LogP contribution in [0, 0.1) is 5.92 Å². The van der Waals surface area contributed by atoms with Gasteiger partial charge in [0.25, 0.3) is 0 Å². The minimum atomic E-state index is 0. The molecule has 1 aliphatic heterocycles. The normalized spacial score (nSPS) is 18.9. The number of carbonyl (C=O) groups is 1. The van der Waals surface area contributed by atoms with Crippen molar-refractivity contribution in [2.45, 2.75) is 13.0 Å². The van der Waals surface area contributed by atoms with Crippen LogP contribution in [0.1, 0.15) is 12.1 Å². The number of halogens is 1. The largest absolute Gasteiger partial charge is 0.350 e. The molecule has 1 atom stereocenters. The number of aromatic nitrogens is 1. The third-order valence-electron chi connectivity index (χ3n) is 2.60. The average molecular weight is 242 g/mol. The molecule has 0 spiro atoms. The minimum absolute atomic E-state index is 0. The van der Waals surface area contributed by atoms with Crippen LogP contribution in [-0.4, -0.2) is 24.0 Å². The van der Waals surface area contributed by atoms with E-state index in [2.05, 4.69) is 15.6 Å². The first-order valence-electron chi connectivity index (χ1n) is 5.24. The van der Waals surface area contributed by atoms with Gasteiger partial charge < -0.3 is 10.6 Å². The van der Waals surface area contributed by atoms with Gasteiger partial charge in [-0.05, 0) is 25.1 Å². The van der Waals surface area contributed by atoms with Gasteiger partial charge in [0.2, 0.25) is 5.91 Å². The first-order chi connectivity index (χ1) is 7.36. The number of nitrogens with one attached hydrogen (secondary N) is 2. The summed E-state index contributed by atoms with van der Waals surface area (Å²) >= 11 is 0. The van der Waals surface area contributed by atoms with E-state index in [9.17, 15) is 4.79 Å². The molecular weight excluding hydrogens is 226 g/mol. The van der Waals surface area contributed by atoms with Gasteiger partial charge >= 0.3 is 0 Å². The fraction of sp³-hybridized carbons (Fsp3) is 0.455. The second kappa shape index (κ2) is 6.45. The van der Waals surface area contributed by atoms with Gasteiger partial charge in [0.15, 0.2) is 0 Å². The summed E-state index contributed by atoms with van der Waals surface area (Å²) < 4.78 is 0. The van der Waals surface area contributed by atoms with Crippen molar-refractivity contribution >= 4 is 18.3 Å². The summed E-state index contributed by atoms with van der Waals surface area (Å²) in [4.78, 5) is 15.8. The molecule has 4 nitrogen and oxygen atoms in total. The quantitative estimate of drug-likeness (QED) is 0.821. The molecule has 88 valence electrons.